The normalized spacial score (nSPS) is 17.6. The smallest absolute Gasteiger partial charge is 0.293 e. The lowest BCUT2D eigenvalue weighted by atomic mass is 9.90. The fourth-order valence-corrected chi connectivity index (χ4v) is 4.83. The van der Waals surface area contributed by atoms with E-state index in [9.17, 15) is 9.18 Å². The molecular weight excluding hydrogens is 495 g/mol. The lowest BCUT2D eigenvalue weighted by Gasteiger charge is -2.30. The first-order chi connectivity index (χ1) is 18.9. The number of fused-ring (bicyclic) bond motifs is 1. The average Bonchev–Trinajstić information content (AvgIpc) is 2.94. The van der Waals surface area contributed by atoms with Crippen molar-refractivity contribution in [3.63, 3.8) is 0 Å². The zero-order valence-corrected chi connectivity index (χ0v) is 21.9. The molecule has 1 aliphatic rings. The highest BCUT2D eigenvalue weighted by molar-refractivity contribution is 6.04. The number of carbonyl (C=O) groups is 1. The standard InChI is InChI=1S/C30H31FN6O2/c1-18-10-15-24-23(16-18)28(37-29(35-24)30(38)33-21-11-13-22(39-2)14-12-21)36-26-9-4-3-8-25(26)34-27(32)19-6-5-7-20(31)17-19/h5-7,10-17,25-26H,3-4,8-9H2,1-2H3,(H2,32,34)(H,33,38)(H,35,36,37)/t25-,26+/m1/s1. The number of hydrogen-bond acceptors (Lipinski definition) is 6. The number of rotatable bonds is 7. The molecule has 1 fully saturated rings. The zero-order chi connectivity index (χ0) is 27.4. The van der Waals surface area contributed by atoms with E-state index in [-0.39, 0.29) is 23.7 Å². The number of amidine groups is 1. The monoisotopic (exact) mass is 526 g/mol. The predicted octanol–water partition coefficient (Wildman–Crippen LogP) is 5.47. The molecule has 2 atom stereocenters. The number of hydrogen-bond donors (Lipinski definition) is 3. The van der Waals surface area contributed by atoms with Gasteiger partial charge < -0.3 is 21.1 Å². The van der Waals surface area contributed by atoms with Crippen LogP contribution in [0, 0.1) is 12.7 Å². The van der Waals surface area contributed by atoms with Gasteiger partial charge in [0.25, 0.3) is 5.91 Å². The molecule has 39 heavy (non-hydrogen) atoms. The Morgan fingerprint density at radius 3 is 2.62 bits per heavy atom. The number of benzene rings is 3. The molecular formula is C30H31FN6O2. The van der Waals surface area contributed by atoms with E-state index in [1.165, 1.54) is 12.1 Å². The lowest BCUT2D eigenvalue weighted by molar-refractivity contribution is 0.101. The highest BCUT2D eigenvalue weighted by Gasteiger charge is 2.27. The predicted molar refractivity (Wildman–Crippen MR) is 152 cm³/mol. The summed E-state index contributed by atoms with van der Waals surface area (Å²) in [4.78, 5) is 27.1. The van der Waals surface area contributed by atoms with Gasteiger partial charge in [0.15, 0.2) is 0 Å². The summed E-state index contributed by atoms with van der Waals surface area (Å²) >= 11 is 0. The van der Waals surface area contributed by atoms with Gasteiger partial charge in [-0.15, -0.1) is 0 Å². The second-order valence-corrected chi connectivity index (χ2v) is 9.73. The van der Waals surface area contributed by atoms with Crippen molar-refractivity contribution in [1.29, 1.82) is 0 Å². The molecule has 1 saturated carbocycles. The van der Waals surface area contributed by atoms with E-state index >= 15 is 0 Å². The van der Waals surface area contributed by atoms with Crippen LogP contribution in [0.4, 0.5) is 15.9 Å². The number of nitrogens with zero attached hydrogens (tertiary/aromatic N) is 3. The fraction of sp³-hybridized carbons (Fsp3) is 0.267. The van der Waals surface area contributed by atoms with Crippen LogP contribution in [0.25, 0.3) is 10.9 Å². The maximum Gasteiger partial charge on any atom is 0.293 e. The third-order valence-corrected chi connectivity index (χ3v) is 6.88. The Hall–Kier alpha value is -4.53. The fourth-order valence-electron chi connectivity index (χ4n) is 4.83. The highest BCUT2D eigenvalue weighted by atomic mass is 19.1. The molecule has 1 amide bonds. The van der Waals surface area contributed by atoms with Crippen LogP contribution in [0.3, 0.4) is 0 Å². The molecule has 1 aliphatic carbocycles. The molecule has 1 aromatic heterocycles. The maximum atomic E-state index is 13.8. The van der Waals surface area contributed by atoms with Crippen molar-refractivity contribution in [3.8, 4) is 5.75 Å². The van der Waals surface area contributed by atoms with Crippen molar-refractivity contribution in [3.05, 3.63) is 89.5 Å². The number of nitrogens with two attached hydrogens (primary N) is 1. The quantitative estimate of drug-likeness (QED) is 0.217. The number of aromatic nitrogens is 2. The molecule has 4 N–H and O–H groups in total. The van der Waals surface area contributed by atoms with Crippen LogP contribution in [0.5, 0.6) is 5.75 Å². The second-order valence-electron chi connectivity index (χ2n) is 9.73. The molecule has 3 aromatic carbocycles. The van der Waals surface area contributed by atoms with Gasteiger partial charge in [-0.2, -0.15) is 0 Å². The molecule has 0 bridgehead atoms. The van der Waals surface area contributed by atoms with E-state index in [4.69, 9.17) is 15.5 Å². The lowest BCUT2D eigenvalue weighted by Crippen LogP contribution is -2.37. The molecule has 0 radical (unpaired) electrons. The summed E-state index contributed by atoms with van der Waals surface area (Å²) in [5, 5.41) is 7.24. The van der Waals surface area contributed by atoms with E-state index < -0.39 is 5.91 Å². The minimum Gasteiger partial charge on any atom is -0.497 e. The largest absolute Gasteiger partial charge is 0.497 e. The van der Waals surface area contributed by atoms with Crippen molar-refractivity contribution in [2.24, 2.45) is 10.7 Å². The van der Waals surface area contributed by atoms with Gasteiger partial charge in [0.1, 0.15) is 23.2 Å². The number of aryl methyl sites for hydroxylation is 1. The number of anilines is 2. The van der Waals surface area contributed by atoms with Crippen LogP contribution in [-0.2, 0) is 0 Å². The Kier molecular flexibility index (Phi) is 7.67. The average molecular weight is 527 g/mol. The van der Waals surface area contributed by atoms with Gasteiger partial charge in [-0.3, -0.25) is 9.79 Å². The van der Waals surface area contributed by atoms with Gasteiger partial charge in [0.05, 0.1) is 18.7 Å². The third kappa shape index (κ3) is 6.14. The summed E-state index contributed by atoms with van der Waals surface area (Å²) in [7, 11) is 1.59. The van der Waals surface area contributed by atoms with Crippen molar-refractivity contribution in [1.82, 2.24) is 9.97 Å². The summed E-state index contributed by atoms with van der Waals surface area (Å²) < 4.78 is 18.9. The van der Waals surface area contributed by atoms with E-state index in [0.717, 1.165) is 36.6 Å². The third-order valence-electron chi connectivity index (χ3n) is 6.88. The van der Waals surface area contributed by atoms with Crippen molar-refractivity contribution < 1.29 is 13.9 Å². The summed E-state index contributed by atoms with van der Waals surface area (Å²) in [5.41, 5.74) is 9.16. The Labute approximate surface area is 226 Å². The van der Waals surface area contributed by atoms with Crippen LogP contribution < -0.4 is 21.1 Å². The molecule has 0 spiro atoms. The Balaban J connectivity index is 1.45. The van der Waals surface area contributed by atoms with Crippen molar-refractivity contribution >= 4 is 34.2 Å². The van der Waals surface area contributed by atoms with E-state index in [0.29, 0.717) is 34.2 Å². The van der Waals surface area contributed by atoms with Crippen LogP contribution in [-0.4, -0.2) is 40.9 Å². The van der Waals surface area contributed by atoms with Gasteiger partial charge in [0.2, 0.25) is 5.82 Å². The van der Waals surface area contributed by atoms with Crippen LogP contribution in [0.15, 0.2) is 71.7 Å². The molecule has 5 rings (SSSR count). The van der Waals surface area contributed by atoms with E-state index in [1.54, 1.807) is 43.5 Å². The summed E-state index contributed by atoms with van der Waals surface area (Å²) in [6, 6.07) is 18.8. The number of methoxy groups -OCH3 is 1. The number of amides is 1. The Morgan fingerprint density at radius 2 is 1.85 bits per heavy atom. The van der Waals surface area contributed by atoms with Crippen molar-refractivity contribution in [2.75, 3.05) is 17.7 Å². The van der Waals surface area contributed by atoms with E-state index in [2.05, 4.69) is 20.6 Å². The number of halogens is 1. The molecule has 4 aromatic rings. The molecule has 200 valence electrons. The molecule has 9 heteroatoms. The van der Waals surface area contributed by atoms with Gasteiger partial charge in [-0.05, 0) is 68.3 Å². The summed E-state index contributed by atoms with van der Waals surface area (Å²) in [6.45, 7) is 2.00. The second kappa shape index (κ2) is 11.5. The first-order valence-electron chi connectivity index (χ1n) is 13.0. The SMILES string of the molecule is COc1ccc(NC(=O)c2nc(N[C@H]3CCCC[C@H]3N=C(N)c3cccc(F)c3)c3cc(C)ccc3n2)cc1. The highest BCUT2D eigenvalue weighted by Crippen LogP contribution is 2.29. The summed E-state index contributed by atoms with van der Waals surface area (Å²) in [6.07, 6.45) is 3.73. The Morgan fingerprint density at radius 1 is 1.05 bits per heavy atom. The molecule has 0 aliphatic heterocycles. The molecule has 8 nitrogen and oxygen atoms in total. The molecule has 0 saturated heterocycles. The van der Waals surface area contributed by atoms with Gasteiger partial charge in [0, 0.05) is 22.7 Å². The van der Waals surface area contributed by atoms with Crippen LogP contribution in [0.2, 0.25) is 0 Å². The molecule has 1 heterocycles. The maximum absolute atomic E-state index is 13.8. The van der Waals surface area contributed by atoms with E-state index in [1.807, 2.05) is 25.1 Å². The first-order valence-corrected chi connectivity index (χ1v) is 13.0. The van der Waals surface area contributed by atoms with Crippen LogP contribution >= 0.6 is 0 Å². The van der Waals surface area contributed by atoms with Crippen LogP contribution in [0.1, 0.15) is 47.4 Å². The molecule has 0 unspecified atom stereocenters. The van der Waals surface area contributed by atoms with Gasteiger partial charge in [-0.1, -0.05) is 36.6 Å². The Bertz CT molecular complexity index is 1520. The van der Waals surface area contributed by atoms with Crippen molar-refractivity contribution in [2.45, 2.75) is 44.7 Å². The van der Waals surface area contributed by atoms with Gasteiger partial charge in [-0.25, -0.2) is 14.4 Å². The minimum atomic E-state index is -0.417. The summed E-state index contributed by atoms with van der Waals surface area (Å²) in [5.74, 6) is 0.849. The number of carbonyl (C=O) groups excluding carboxylic acids is 1. The number of nitrogens with one attached hydrogen (secondary N) is 2. The topological polar surface area (TPSA) is 115 Å². The van der Waals surface area contributed by atoms with Gasteiger partial charge >= 0.3 is 0 Å². The number of aliphatic imine (C=N–C) groups is 1. The first kappa shape index (κ1) is 26.1. The number of ether oxygens (including phenoxy) is 1. The zero-order valence-electron chi connectivity index (χ0n) is 21.9. The minimum absolute atomic E-state index is 0.0554.